The lowest BCUT2D eigenvalue weighted by molar-refractivity contribution is -0.138. The molecule has 0 aliphatic heterocycles. The van der Waals surface area contributed by atoms with E-state index in [4.69, 9.17) is 16.3 Å². The molecule has 3 rings (SSSR count). The first-order valence-corrected chi connectivity index (χ1v) is 14.8. The Morgan fingerprint density at radius 1 is 1.26 bits per heavy atom. The average molecular weight is 579 g/mol. The number of methoxy groups -OCH3 is 1. The number of ether oxygens (including phenoxy) is 1. The van der Waals surface area contributed by atoms with E-state index in [1.807, 2.05) is 6.92 Å². The first kappa shape index (κ1) is 30.1. The van der Waals surface area contributed by atoms with Gasteiger partial charge in [0, 0.05) is 31.0 Å². The van der Waals surface area contributed by atoms with Gasteiger partial charge in [0.1, 0.15) is 32.6 Å². The Morgan fingerprint density at radius 3 is 2.47 bits per heavy atom. The molecule has 1 atom stereocenters. The Hall–Kier alpha value is -2.47. The summed E-state index contributed by atoms with van der Waals surface area (Å²) >= 11 is 6.65. The van der Waals surface area contributed by atoms with Crippen LogP contribution in [0.4, 0.5) is 18.9 Å². The predicted octanol–water partition coefficient (Wildman–Crippen LogP) is 5.18. The van der Waals surface area contributed by atoms with E-state index in [0.717, 1.165) is 6.92 Å². The van der Waals surface area contributed by atoms with E-state index in [2.05, 4.69) is 15.6 Å². The van der Waals surface area contributed by atoms with Gasteiger partial charge in [0.25, 0.3) is 5.91 Å². The number of alkyl halides is 3. The molecule has 1 heterocycles. The van der Waals surface area contributed by atoms with E-state index in [-0.39, 0.29) is 33.5 Å². The Bertz CT molecular complexity index is 1240. The van der Waals surface area contributed by atoms with Crippen molar-refractivity contribution in [3.8, 4) is 11.4 Å². The van der Waals surface area contributed by atoms with Gasteiger partial charge in [-0.3, -0.25) is 9.36 Å². The number of carbonyl (C=O) groups is 1. The zero-order chi connectivity index (χ0) is 28.3. The second kappa shape index (κ2) is 12.1. The van der Waals surface area contributed by atoms with Crippen LogP contribution in [0.2, 0.25) is 5.15 Å². The number of halogens is 4. The van der Waals surface area contributed by atoms with Crippen molar-refractivity contribution in [3.05, 3.63) is 34.9 Å². The zero-order valence-corrected chi connectivity index (χ0v) is 23.4. The molecule has 2 N–H and O–H groups in total. The number of sulfone groups is 1. The van der Waals surface area contributed by atoms with E-state index < -0.39 is 28.0 Å². The first-order valence-electron chi connectivity index (χ1n) is 12.5. The summed E-state index contributed by atoms with van der Waals surface area (Å²) in [6.45, 7) is 3.35. The van der Waals surface area contributed by atoms with Gasteiger partial charge in [-0.15, -0.1) is 0 Å². The molecule has 8 nitrogen and oxygen atoms in total. The minimum absolute atomic E-state index is 0.0369. The van der Waals surface area contributed by atoms with Crippen LogP contribution >= 0.6 is 11.6 Å². The molecule has 0 unspecified atom stereocenters. The predicted molar refractivity (Wildman–Crippen MR) is 141 cm³/mol. The molecule has 0 bridgehead atoms. The number of benzene rings is 1. The summed E-state index contributed by atoms with van der Waals surface area (Å²) in [5, 5.41) is 5.02. The molecule has 0 saturated heterocycles. The van der Waals surface area contributed by atoms with Crippen LogP contribution in [0.25, 0.3) is 5.69 Å². The minimum atomic E-state index is -4.41. The molecule has 0 spiro atoms. The highest BCUT2D eigenvalue weighted by Gasteiger charge is 2.36. The molecule has 1 fully saturated rings. The molecule has 1 aliphatic rings. The molecule has 1 saturated carbocycles. The number of aromatic nitrogens is 2. The molecular formula is C25H34ClF3N4O4S. The zero-order valence-electron chi connectivity index (χ0n) is 21.9. The van der Waals surface area contributed by atoms with Crippen molar-refractivity contribution in [1.29, 1.82) is 0 Å². The van der Waals surface area contributed by atoms with Crippen molar-refractivity contribution in [1.82, 2.24) is 14.9 Å². The molecule has 1 aromatic heterocycles. The van der Waals surface area contributed by atoms with Gasteiger partial charge < -0.3 is 15.4 Å². The van der Waals surface area contributed by atoms with Gasteiger partial charge in [-0.05, 0) is 57.1 Å². The number of rotatable bonds is 10. The lowest BCUT2D eigenvalue weighted by atomic mass is 9.89. The summed E-state index contributed by atoms with van der Waals surface area (Å²) in [6.07, 6.45) is 0.596. The number of hydrogen-bond acceptors (Lipinski definition) is 6. The van der Waals surface area contributed by atoms with Crippen LogP contribution in [0, 0.1) is 5.92 Å². The number of nitrogens with zero attached hydrogens (tertiary/aromatic N) is 2. The van der Waals surface area contributed by atoms with E-state index in [9.17, 15) is 26.4 Å². The fourth-order valence-electron chi connectivity index (χ4n) is 4.59. The number of imidazole rings is 1. The number of aryl methyl sites for hydroxylation is 1. The third kappa shape index (κ3) is 7.13. The Balaban J connectivity index is 1.81. The minimum Gasteiger partial charge on any atom is -0.494 e. The van der Waals surface area contributed by atoms with Gasteiger partial charge in [-0.1, -0.05) is 18.5 Å². The Morgan fingerprint density at radius 2 is 1.92 bits per heavy atom. The summed E-state index contributed by atoms with van der Waals surface area (Å²) in [7, 11) is -1.67. The molecule has 0 radical (unpaired) electrons. The van der Waals surface area contributed by atoms with Crippen molar-refractivity contribution in [2.24, 2.45) is 5.92 Å². The van der Waals surface area contributed by atoms with Crippen LogP contribution in [0.3, 0.4) is 0 Å². The maximum Gasteiger partial charge on any atom is 0.408 e. The van der Waals surface area contributed by atoms with E-state index in [0.29, 0.717) is 56.6 Å². The first-order chi connectivity index (χ1) is 17.8. The number of nitrogens with one attached hydrogen (secondary N) is 2. The Labute approximate surface area is 226 Å². The van der Waals surface area contributed by atoms with Crippen molar-refractivity contribution < 1.29 is 31.1 Å². The number of anilines is 1. The highest BCUT2D eigenvalue weighted by Crippen LogP contribution is 2.34. The smallest absolute Gasteiger partial charge is 0.408 e. The maximum absolute atomic E-state index is 13.0. The SMILES string of the molecule is CCCc1nc(C(=O)NC[C@H]2CC[C@H](S(C)(=O)=O)CC2)c(Cl)n1-c1ccc(N[C@H](C)C(F)(F)F)cc1OC. The second-order valence-corrected chi connectivity index (χ2v) is 12.4. The molecule has 1 amide bonds. The van der Waals surface area contributed by atoms with Gasteiger partial charge >= 0.3 is 6.18 Å². The van der Waals surface area contributed by atoms with Gasteiger partial charge in [-0.2, -0.15) is 13.2 Å². The largest absolute Gasteiger partial charge is 0.494 e. The highest BCUT2D eigenvalue weighted by molar-refractivity contribution is 7.91. The monoisotopic (exact) mass is 578 g/mol. The van der Waals surface area contributed by atoms with Crippen molar-refractivity contribution in [2.45, 2.75) is 69.8 Å². The topological polar surface area (TPSA) is 102 Å². The normalized spacial score (nSPS) is 19.2. The van der Waals surface area contributed by atoms with Crippen molar-refractivity contribution in [3.63, 3.8) is 0 Å². The summed E-state index contributed by atoms with van der Waals surface area (Å²) in [5.74, 6) is 0.481. The van der Waals surface area contributed by atoms with Gasteiger partial charge in [0.15, 0.2) is 5.69 Å². The van der Waals surface area contributed by atoms with Crippen LogP contribution in [-0.2, 0) is 16.3 Å². The van der Waals surface area contributed by atoms with Gasteiger partial charge in [0.05, 0.1) is 18.0 Å². The maximum atomic E-state index is 13.0. The number of amides is 1. The van der Waals surface area contributed by atoms with Crippen LogP contribution in [0.15, 0.2) is 18.2 Å². The quantitative estimate of drug-likeness (QED) is 0.403. The standard InChI is InChI=1S/C25H34ClF3N4O4S/c1-5-6-21-32-22(24(34)30-14-16-7-10-18(11-8-16)38(4,35)36)23(26)33(21)19-12-9-17(13-20(19)37-3)31-15(2)25(27,28)29/h9,12-13,15-16,18,31H,5-8,10-11,14H2,1-4H3,(H,30,34)/t15-,16-,18-/m1/s1. The number of hydrogen-bond donors (Lipinski definition) is 2. The fourth-order valence-corrected chi connectivity index (χ4v) is 6.04. The van der Waals surface area contributed by atoms with Crippen LogP contribution in [0.1, 0.15) is 62.3 Å². The number of carbonyl (C=O) groups excluding carboxylic acids is 1. The molecule has 2 aromatic rings. The third-order valence-electron chi connectivity index (χ3n) is 6.82. The lowest BCUT2D eigenvalue weighted by Gasteiger charge is -2.27. The fraction of sp³-hybridized carbons (Fsp3) is 0.600. The molecule has 1 aliphatic carbocycles. The van der Waals surface area contributed by atoms with Crippen LogP contribution in [0.5, 0.6) is 5.75 Å². The van der Waals surface area contributed by atoms with Crippen molar-refractivity contribution in [2.75, 3.05) is 25.2 Å². The summed E-state index contributed by atoms with van der Waals surface area (Å²) in [6, 6.07) is 2.73. The second-order valence-electron chi connectivity index (χ2n) is 9.73. The van der Waals surface area contributed by atoms with E-state index >= 15 is 0 Å². The van der Waals surface area contributed by atoms with E-state index in [1.54, 1.807) is 10.6 Å². The summed E-state index contributed by atoms with van der Waals surface area (Å²) in [5.41, 5.74) is 0.693. The summed E-state index contributed by atoms with van der Waals surface area (Å²) in [4.78, 5) is 17.5. The molecular weight excluding hydrogens is 545 g/mol. The molecule has 212 valence electrons. The van der Waals surface area contributed by atoms with Gasteiger partial charge in [0.2, 0.25) is 0 Å². The van der Waals surface area contributed by atoms with Crippen LogP contribution < -0.4 is 15.4 Å². The van der Waals surface area contributed by atoms with Crippen molar-refractivity contribution >= 4 is 33.0 Å². The Kier molecular flexibility index (Phi) is 9.62. The molecule has 38 heavy (non-hydrogen) atoms. The van der Waals surface area contributed by atoms with E-state index in [1.165, 1.54) is 25.5 Å². The summed E-state index contributed by atoms with van der Waals surface area (Å²) < 4.78 is 69.6. The molecule has 13 heteroatoms. The third-order valence-corrected chi connectivity index (χ3v) is 8.86. The van der Waals surface area contributed by atoms with Crippen LogP contribution in [-0.4, -0.2) is 61.3 Å². The average Bonchev–Trinajstić information content (AvgIpc) is 3.17. The molecule has 1 aromatic carbocycles. The lowest BCUT2D eigenvalue weighted by Crippen LogP contribution is -2.34. The van der Waals surface area contributed by atoms with Gasteiger partial charge in [-0.25, -0.2) is 13.4 Å². The highest BCUT2D eigenvalue weighted by atomic mass is 35.5.